The molecule has 8 heteroatoms. The van der Waals surface area contributed by atoms with Crippen LogP contribution in [-0.2, 0) is 21.7 Å². The van der Waals surface area contributed by atoms with E-state index in [0.717, 1.165) is 11.1 Å². The first-order valence-corrected chi connectivity index (χ1v) is 10.6. The normalized spacial score (nSPS) is 11.0. The molecule has 30 heavy (non-hydrogen) atoms. The van der Waals surface area contributed by atoms with E-state index in [1.807, 2.05) is 37.3 Å². The van der Waals surface area contributed by atoms with Crippen molar-refractivity contribution in [3.05, 3.63) is 90.0 Å². The van der Waals surface area contributed by atoms with Crippen molar-refractivity contribution < 1.29 is 22.5 Å². The van der Waals surface area contributed by atoms with E-state index in [4.69, 9.17) is 4.74 Å². The van der Waals surface area contributed by atoms with E-state index in [-0.39, 0.29) is 5.69 Å². The van der Waals surface area contributed by atoms with Crippen molar-refractivity contribution in [2.24, 2.45) is 0 Å². The van der Waals surface area contributed by atoms with Crippen molar-refractivity contribution in [3.63, 3.8) is 0 Å². The van der Waals surface area contributed by atoms with E-state index in [1.54, 1.807) is 36.4 Å². The maximum atomic E-state index is 12.3. The van der Waals surface area contributed by atoms with E-state index < -0.39 is 22.8 Å². The van der Waals surface area contributed by atoms with Crippen molar-refractivity contribution in [2.75, 3.05) is 16.2 Å². The number of hydrogen-bond acceptors (Lipinski definition) is 4. The van der Waals surface area contributed by atoms with Crippen LogP contribution in [0.3, 0.4) is 0 Å². The zero-order valence-electron chi connectivity index (χ0n) is 16.4. The molecule has 3 aromatic rings. The fraction of sp³-hybridized carbons (Fsp3) is 0.136. The summed E-state index contributed by atoms with van der Waals surface area (Å²) in [5.41, 5.74) is 2.64. The molecule has 7 nitrogen and oxygen atoms in total. The lowest BCUT2D eigenvalue weighted by Gasteiger charge is -2.20. The lowest BCUT2D eigenvalue weighted by Crippen LogP contribution is -2.37. The maximum absolute atomic E-state index is 12.3. The standard InChI is InChI=1S/C22H22N2O5S/c1-17-7-11-20(12-8-17)24(30(26,27)28)15-22(25)23-19-9-13-21(14-10-19)29-16-18-5-3-2-4-6-18/h2-14H,15-16H2,1H3,(H,23,25)(H,26,27,28). The minimum Gasteiger partial charge on any atom is -0.489 e. The second-order valence-corrected chi connectivity index (χ2v) is 8.00. The molecule has 0 fully saturated rings. The zero-order valence-corrected chi connectivity index (χ0v) is 17.2. The van der Waals surface area contributed by atoms with E-state index in [2.05, 4.69) is 5.32 Å². The van der Waals surface area contributed by atoms with Gasteiger partial charge in [-0.25, -0.2) is 4.31 Å². The molecule has 0 aromatic heterocycles. The van der Waals surface area contributed by atoms with Gasteiger partial charge in [0.05, 0.1) is 5.69 Å². The fourth-order valence-electron chi connectivity index (χ4n) is 2.72. The van der Waals surface area contributed by atoms with Crippen LogP contribution in [0, 0.1) is 6.92 Å². The van der Waals surface area contributed by atoms with Gasteiger partial charge in [-0.2, -0.15) is 8.42 Å². The first-order chi connectivity index (χ1) is 14.3. The molecule has 0 aliphatic carbocycles. The largest absolute Gasteiger partial charge is 0.489 e. The van der Waals surface area contributed by atoms with Gasteiger partial charge >= 0.3 is 10.3 Å². The van der Waals surface area contributed by atoms with Gasteiger partial charge in [-0.05, 0) is 48.9 Å². The third-order valence-corrected chi connectivity index (χ3v) is 5.17. The number of aryl methyl sites for hydroxylation is 1. The molecule has 0 saturated heterocycles. The zero-order chi connectivity index (χ0) is 21.6. The SMILES string of the molecule is Cc1ccc(N(CC(=O)Nc2ccc(OCc3ccccc3)cc2)S(=O)(=O)O)cc1. The lowest BCUT2D eigenvalue weighted by atomic mass is 10.2. The van der Waals surface area contributed by atoms with Gasteiger partial charge in [-0.15, -0.1) is 0 Å². The molecule has 0 bridgehead atoms. The Kier molecular flexibility index (Phi) is 6.71. The Morgan fingerprint density at radius 2 is 1.60 bits per heavy atom. The van der Waals surface area contributed by atoms with Gasteiger partial charge in [0, 0.05) is 5.69 Å². The number of nitrogens with one attached hydrogen (secondary N) is 1. The van der Waals surface area contributed by atoms with Crippen molar-refractivity contribution in [1.82, 2.24) is 0 Å². The van der Waals surface area contributed by atoms with Crippen molar-refractivity contribution >= 4 is 27.6 Å². The Hall–Kier alpha value is -3.36. The number of carbonyl (C=O) groups is 1. The minimum absolute atomic E-state index is 0.197. The summed E-state index contributed by atoms with van der Waals surface area (Å²) in [6, 6.07) is 22.9. The summed E-state index contributed by atoms with van der Waals surface area (Å²) in [7, 11) is -4.61. The van der Waals surface area contributed by atoms with Gasteiger partial charge in [0.25, 0.3) is 0 Å². The van der Waals surface area contributed by atoms with Crippen LogP contribution in [0.2, 0.25) is 0 Å². The average molecular weight is 426 g/mol. The van der Waals surface area contributed by atoms with Gasteiger partial charge in [-0.1, -0.05) is 48.0 Å². The van der Waals surface area contributed by atoms with Crippen molar-refractivity contribution in [3.8, 4) is 5.75 Å². The average Bonchev–Trinajstić information content (AvgIpc) is 2.72. The molecule has 3 rings (SSSR count). The fourth-order valence-corrected chi connectivity index (χ4v) is 3.39. The number of rotatable bonds is 8. The molecule has 2 N–H and O–H groups in total. The van der Waals surface area contributed by atoms with E-state index in [9.17, 15) is 17.8 Å². The monoisotopic (exact) mass is 426 g/mol. The highest BCUT2D eigenvalue weighted by Gasteiger charge is 2.22. The first-order valence-electron chi connectivity index (χ1n) is 9.20. The number of amides is 1. The van der Waals surface area contributed by atoms with Gasteiger partial charge in [-0.3, -0.25) is 9.35 Å². The molecule has 0 radical (unpaired) electrons. The third-order valence-electron chi connectivity index (χ3n) is 4.27. The Morgan fingerprint density at radius 3 is 2.20 bits per heavy atom. The lowest BCUT2D eigenvalue weighted by molar-refractivity contribution is -0.114. The van der Waals surface area contributed by atoms with Gasteiger partial charge in [0.15, 0.2) is 0 Å². The van der Waals surface area contributed by atoms with Crippen LogP contribution in [0.5, 0.6) is 5.75 Å². The van der Waals surface area contributed by atoms with Crippen LogP contribution in [0.25, 0.3) is 0 Å². The Labute approximate surface area is 175 Å². The van der Waals surface area contributed by atoms with Crippen molar-refractivity contribution in [1.29, 1.82) is 0 Å². The van der Waals surface area contributed by atoms with Crippen LogP contribution in [0.4, 0.5) is 11.4 Å². The highest BCUT2D eigenvalue weighted by molar-refractivity contribution is 7.87. The predicted molar refractivity (Wildman–Crippen MR) is 116 cm³/mol. The van der Waals surface area contributed by atoms with E-state index in [0.29, 0.717) is 22.3 Å². The van der Waals surface area contributed by atoms with Crippen molar-refractivity contribution in [2.45, 2.75) is 13.5 Å². The summed E-state index contributed by atoms with van der Waals surface area (Å²) in [5, 5.41) is 2.61. The summed E-state index contributed by atoms with van der Waals surface area (Å²) in [6.45, 7) is 1.71. The van der Waals surface area contributed by atoms with Crippen LogP contribution in [0.1, 0.15) is 11.1 Å². The molecule has 0 aliphatic rings. The Bertz CT molecular complexity index is 1080. The van der Waals surface area contributed by atoms with Gasteiger partial charge in [0.2, 0.25) is 5.91 Å². The third kappa shape index (κ3) is 6.07. The molecule has 1 amide bonds. The highest BCUT2D eigenvalue weighted by atomic mass is 32.2. The Morgan fingerprint density at radius 1 is 0.967 bits per heavy atom. The predicted octanol–water partition coefficient (Wildman–Crippen LogP) is 3.82. The van der Waals surface area contributed by atoms with Crippen LogP contribution in [0.15, 0.2) is 78.9 Å². The van der Waals surface area contributed by atoms with Gasteiger partial charge in [0.1, 0.15) is 18.9 Å². The molecule has 0 unspecified atom stereocenters. The number of carbonyl (C=O) groups excluding carboxylic acids is 1. The summed E-state index contributed by atoms with van der Waals surface area (Å²) in [6.07, 6.45) is 0. The number of ether oxygens (including phenoxy) is 1. The summed E-state index contributed by atoms with van der Waals surface area (Å²) < 4.78 is 39.3. The Balaban J connectivity index is 1.61. The molecule has 3 aromatic carbocycles. The number of hydrogen-bond donors (Lipinski definition) is 2. The van der Waals surface area contributed by atoms with Crippen LogP contribution >= 0.6 is 0 Å². The number of benzene rings is 3. The quantitative estimate of drug-likeness (QED) is 0.534. The summed E-state index contributed by atoms with van der Waals surface area (Å²) >= 11 is 0. The molecular weight excluding hydrogens is 404 g/mol. The molecule has 0 saturated carbocycles. The summed E-state index contributed by atoms with van der Waals surface area (Å²) in [5.74, 6) is 0.0437. The molecule has 0 spiro atoms. The second kappa shape index (κ2) is 9.43. The first kappa shape index (κ1) is 21.4. The smallest absolute Gasteiger partial charge is 0.360 e. The molecule has 0 atom stereocenters. The van der Waals surface area contributed by atoms with Crippen LogP contribution in [-0.4, -0.2) is 25.4 Å². The van der Waals surface area contributed by atoms with E-state index >= 15 is 0 Å². The second-order valence-electron chi connectivity index (χ2n) is 6.67. The van der Waals surface area contributed by atoms with Gasteiger partial charge < -0.3 is 10.1 Å². The van der Waals surface area contributed by atoms with Crippen LogP contribution < -0.4 is 14.4 Å². The maximum Gasteiger partial charge on any atom is 0.360 e. The number of nitrogens with zero attached hydrogens (tertiary/aromatic N) is 1. The molecule has 156 valence electrons. The highest BCUT2D eigenvalue weighted by Crippen LogP contribution is 2.20. The van der Waals surface area contributed by atoms with E-state index in [1.165, 1.54) is 12.1 Å². The summed E-state index contributed by atoms with van der Waals surface area (Å²) in [4.78, 5) is 12.3. The molecule has 0 aliphatic heterocycles. The topological polar surface area (TPSA) is 95.9 Å². The number of anilines is 2. The molecular formula is C22H22N2O5S. The molecule has 0 heterocycles. The minimum atomic E-state index is -4.61.